The SMILES string of the molecule is Cc1nc(SC(C)C(C)N)oc1C. The standard InChI is InChI=1S/C9H16N2OS/c1-5(10)8(4)13-9-11-6(2)7(3)12-9/h5,8H,10H2,1-4H3. The molecule has 1 heterocycles. The molecule has 0 aliphatic carbocycles. The van der Waals surface area contributed by atoms with Gasteiger partial charge in [0.2, 0.25) is 0 Å². The van der Waals surface area contributed by atoms with Gasteiger partial charge in [0.25, 0.3) is 5.22 Å². The van der Waals surface area contributed by atoms with Crippen LogP contribution in [-0.2, 0) is 0 Å². The summed E-state index contributed by atoms with van der Waals surface area (Å²) in [5.74, 6) is 0.888. The fourth-order valence-electron chi connectivity index (χ4n) is 0.760. The van der Waals surface area contributed by atoms with Crippen molar-refractivity contribution in [1.82, 2.24) is 4.98 Å². The van der Waals surface area contributed by atoms with Crippen LogP contribution in [0.25, 0.3) is 0 Å². The Kier molecular flexibility index (Phi) is 3.39. The summed E-state index contributed by atoms with van der Waals surface area (Å²) in [6, 6.07) is 0.150. The van der Waals surface area contributed by atoms with Gasteiger partial charge in [-0.2, -0.15) is 0 Å². The lowest BCUT2D eigenvalue weighted by Gasteiger charge is -2.11. The van der Waals surface area contributed by atoms with Crippen molar-refractivity contribution in [3.63, 3.8) is 0 Å². The summed E-state index contributed by atoms with van der Waals surface area (Å²) in [5.41, 5.74) is 6.70. The lowest BCUT2D eigenvalue weighted by Crippen LogP contribution is -2.26. The van der Waals surface area contributed by atoms with Gasteiger partial charge in [0.15, 0.2) is 0 Å². The van der Waals surface area contributed by atoms with Crippen molar-refractivity contribution in [3.8, 4) is 0 Å². The minimum atomic E-state index is 0.150. The Morgan fingerprint density at radius 1 is 1.38 bits per heavy atom. The van der Waals surface area contributed by atoms with Crippen LogP contribution in [0.3, 0.4) is 0 Å². The van der Waals surface area contributed by atoms with Crippen LogP contribution in [0.5, 0.6) is 0 Å². The Labute approximate surface area is 83.1 Å². The van der Waals surface area contributed by atoms with Crippen molar-refractivity contribution < 1.29 is 4.42 Å². The number of thioether (sulfide) groups is 1. The van der Waals surface area contributed by atoms with Crippen LogP contribution in [-0.4, -0.2) is 16.3 Å². The normalized spacial score (nSPS) is 15.8. The zero-order valence-electron chi connectivity index (χ0n) is 8.50. The van der Waals surface area contributed by atoms with Crippen LogP contribution < -0.4 is 5.73 Å². The second kappa shape index (κ2) is 4.15. The predicted octanol–water partition coefficient (Wildman–Crippen LogP) is 2.12. The van der Waals surface area contributed by atoms with Gasteiger partial charge in [0.05, 0.1) is 5.69 Å². The minimum Gasteiger partial charge on any atom is -0.437 e. The molecule has 0 radical (unpaired) electrons. The zero-order chi connectivity index (χ0) is 10.0. The van der Waals surface area contributed by atoms with Gasteiger partial charge in [0.1, 0.15) is 5.76 Å². The molecule has 0 spiro atoms. The first-order valence-electron chi connectivity index (χ1n) is 4.37. The summed E-state index contributed by atoms with van der Waals surface area (Å²) >= 11 is 1.58. The Balaban J connectivity index is 2.64. The fourth-order valence-corrected chi connectivity index (χ4v) is 1.66. The van der Waals surface area contributed by atoms with Gasteiger partial charge in [-0.05, 0) is 20.8 Å². The topological polar surface area (TPSA) is 52.0 Å². The highest BCUT2D eigenvalue weighted by atomic mass is 32.2. The average Bonchev–Trinajstić information content (AvgIpc) is 2.31. The molecule has 0 aliphatic rings. The summed E-state index contributed by atoms with van der Waals surface area (Å²) in [6.07, 6.45) is 0. The van der Waals surface area contributed by atoms with Crippen molar-refractivity contribution in [2.75, 3.05) is 0 Å². The molecule has 4 heteroatoms. The van der Waals surface area contributed by atoms with Crippen LogP contribution >= 0.6 is 11.8 Å². The number of nitrogens with zero attached hydrogens (tertiary/aromatic N) is 1. The van der Waals surface area contributed by atoms with Crippen molar-refractivity contribution in [2.24, 2.45) is 5.73 Å². The van der Waals surface area contributed by atoms with E-state index in [2.05, 4.69) is 11.9 Å². The lowest BCUT2D eigenvalue weighted by molar-refractivity contribution is 0.429. The first-order chi connectivity index (χ1) is 6.00. The minimum absolute atomic E-state index is 0.150. The largest absolute Gasteiger partial charge is 0.437 e. The molecule has 0 amide bonds. The molecule has 2 unspecified atom stereocenters. The van der Waals surface area contributed by atoms with Gasteiger partial charge < -0.3 is 10.2 Å². The van der Waals surface area contributed by atoms with Gasteiger partial charge >= 0.3 is 0 Å². The Morgan fingerprint density at radius 2 is 2.00 bits per heavy atom. The monoisotopic (exact) mass is 200 g/mol. The highest BCUT2D eigenvalue weighted by Gasteiger charge is 2.13. The highest BCUT2D eigenvalue weighted by molar-refractivity contribution is 7.99. The van der Waals surface area contributed by atoms with E-state index in [0.29, 0.717) is 5.25 Å². The van der Waals surface area contributed by atoms with Crippen molar-refractivity contribution in [2.45, 2.75) is 44.2 Å². The summed E-state index contributed by atoms with van der Waals surface area (Å²) in [5, 5.41) is 1.05. The Bertz CT molecular complexity index is 264. The molecule has 3 nitrogen and oxygen atoms in total. The van der Waals surface area contributed by atoms with E-state index >= 15 is 0 Å². The van der Waals surface area contributed by atoms with Gasteiger partial charge in [-0.1, -0.05) is 18.7 Å². The number of aromatic nitrogens is 1. The molecule has 0 saturated heterocycles. The van der Waals surface area contributed by atoms with Gasteiger partial charge in [-0.3, -0.25) is 0 Å². The third-order valence-electron chi connectivity index (χ3n) is 2.04. The second-order valence-electron chi connectivity index (χ2n) is 3.30. The summed E-state index contributed by atoms with van der Waals surface area (Å²) in [4.78, 5) is 4.27. The third kappa shape index (κ3) is 2.74. The maximum atomic E-state index is 5.74. The molecule has 0 saturated carbocycles. The average molecular weight is 200 g/mol. The maximum Gasteiger partial charge on any atom is 0.256 e. The van der Waals surface area contributed by atoms with E-state index < -0.39 is 0 Å². The molecule has 13 heavy (non-hydrogen) atoms. The number of oxazole rings is 1. The molecular formula is C9H16N2OS. The van der Waals surface area contributed by atoms with Crippen LogP contribution in [0, 0.1) is 13.8 Å². The molecule has 0 aliphatic heterocycles. The quantitative estimate of drug-likeness (QED) is 0.759. The summed E-state index contributed by atoms with van der Waals surface area (Å²) in [7, 11) is 0. The van der Waals surface area contributed by atoms with Crippen molar-refractivity contribution >= 4 is 11.8 Å². The van der Waals surface area contributed by atoms with E-state index in [9.17, 15) is 0 Å². The number of rotatable bonds is 3. The number of nitrogens with two attached hydrogens (primary N) is 1. The Morgan fingerprint density at radius 3 is 2.38 bits per heavy atom. The molecule has 74 valence electrons. The van der Waals surface area contributed by atoms with Crippen molar-refractivity contribution in [3.05, 3.63) is 11.5 Å². The summed E-state index contributed by atoms with van der Waals surface area (Å²) < 4.78 is 5.43. The van der Waals surface area contributed by atoms with Crippen LogP contribution in [0.15, 0.2) is 9.64 Å². The van der Waals surface area contributed by atoms with E-state index in [1.165, 1.54) is 0 Å². The van der Waals surface area contributed by atoms with E-state index in [4.69, 9.17) is 10.2 Å². The lowest BCUT2D eigenvalue weighted by atomic mass is 10.3. The van der Waals surface area contributed by atoms with E-state index in [1.807, 2.05) is 20.8 Å². The third-order valence-corrected chi connectivity index (χ3v) is 3.21. The van der Waals surface area contributed by atoms with E-state index in [0.717, 1.165) is 16.7 Å². The van der Waals surface area contributed by atoms with Gasteiger partial charge in [0, 0.05) is 11.3 Å². The molecular weight excluding hydrogens is 184 g/mol. The predicted molar refractivity (Wildman–Crippen MR) is 54.9 cm³/mol. The van der Waals surface area contributed by atoms with Gasteiger partial charge in [-0.15, -0.1) is 0 Å². The number of hydrogen-bond donors (Lipinski definition) is 1. The zero-order valence-corrected chi connectivity index (χ0v) is 9.31. The maximum absolute atomic E-state index is 5.74. The van der Waals surface area contributed by atoms with Crippen molar-refractivity contribution in [1.29, 1.82) is 0 Å². The molecule has 0 fully saturated rings. The fraction of sp³-hybridized carbons (Fsp3) is 0.667. The number of aryl methyl sites for hydroxylation is 2. The van der Waals surface area contributed by atoms with E-state index in [-0.39, 0.29) is 6.04 Å². The molecule has 2 atom stereocenters. The van der Waals surface area contributed by atoms with Gasteiger partial charge in [-0.25, -0.2) is 4.98 Å². The van der Waals surface area contributed by atoms with E-state index in [1.54, 1.807) is 11.8 Å². The highest BCUT2D eigenvalue weighted by Crippen LogP contribution is 2.25. The smallest absolute Gasteiger partial charge is 0.256 e. The van der Waals surface area contributed by atoms with Crippen LogP contribution in [0.2, 0.25) is 0 Å². The molecule has 2 N–H and O–H groups in total. The first-order valence-corrected chi connectivity index (χ1v) is 5.25. The molecule has 1 rings (SSSR count). The number of hydrogen-bond acceptors (Lipinski definition) is 4. The summed E-state index contributed by atoms with van der Waals surface area (Å²) in [6.45, 7) is 7.92. The molecule has 1 aromatic rings. The molecule has 1 aromatic heterocycles. The van der Waals surface area contributed by atoms with Crippen LogP contribution in [0.1, 0.15) is 25.3 Å². The first kappa shape index (κ1) is 10.6. The second-order valence-corrected chi connectivity index (χ2v) is 4.63. The van der Waals surface area contributed by atoms with Crippen LogP contribution in [0.4, 0.5) is 0 Å². The Hall–Kier alpha value is -0.480. The molecule has 0 aromatic carbocycles. The molecule has 0 bridgehead atoms.